The smallest absolute Gasteiger partial charge is 0.354 e. The molecule has 0 unspecified atom stereocenters. The summed E-state index contributed by atoms with van der Waals surface area (Å²) in [6.07, 6.45) is -1.91. The van der Waals surface area contributed by atoms with Gasteiger partial charge in [-0.2, -0.15) is 18.4 Å². The van der Waals surface area contributed by atoms with E-state index >= 15 is 0 Å². The van der Waals surface area contributed by atoms with Crippen LogP contribution >= 0.6 is 11.6 Å². The Kier molecular flexibility index (Phi) is 5.46. The van der Waals surface area contributed by atoms with E-state index < -0.39 is 12.6 Å². The van der Waals surface area contributed by atoms with Gasteiger partial charge in [0.1, 0.15) is 0 Å². The number of piperidine rings is 1. The van der Waals surface area contributed by atoms with Gasteiger partial charge in [0.25, 0.3) is 0 Å². The maximum atomic E-state index is 12.2. The molecule has 0 bridgehead atoms. The highest BCUT2D eigenvalue weighted by molar-refractivity contribution is 6.31. The molecule has 2 rings (SSSR count). The fourth-order valence-electron chi connectivity index (χ4n) is 2.41. The van der Waals surface area contributed by atoms with Crippen molar-refractivity contribution in [1.82, 2.24) is 9.97 Å². The maximum absolute atomic E-state index is 12.2. The summed E-state index contributed by atoms with van der Waals surface area (Å²) in [6.45, 7) is 1.30. The van der Waals surface area contributed by atoms with E-state index in [4.69, 9.17) is 16.9 Å². The van der Waals surface area contributed by atoms with Crippen molar-refractivity contribution in [3.05, 3.63) is 17.0 Å². The normalized spacial score (nSPS) is 16.6. The summed E-state index contributed by atoms with van der Waals surface area (Å²) in [5.74, 6) is 0.542. The Morgan fingerprint density at radius 3 is 2.64 bits per heavy atom. The van der Waals surface area contributed by atoms with Crippen LogP contribution in [0.2, 0.25) is 5.15 Å². The summed E-state index contributed by atoms with van der Waals surface area (Å²) in [5, 5.41) is 9.14. The SMILES string of the molecule is N#CC1CCN(c2nc(CCCC(F)(F)F)cnc2Cl)CC1. The molecule has 0 saturated carbocycles. The number of halogens is 4. The molecule has 8 heteroatoms. The number of nitrogens with zero attached hydrogens (tertiary/aromatic N) is 4. The summed E-state index contributed by atoms with van der Waals surface area (Å²) in [6, 6.07) is 2.24. The van der Waals surface area contributed by atoms with E-state index in [1.165, 1.54) is 6.20 Å². The third-order valence-corrected chi connectivity index (χ3v) is 3.90. The summed E-state index contributed by atoms with van der Waals surface area (Å²) in [4.78, 5) is 10.3. The van der Waals surface area contributed by atoms with Gasteiger partial charge in [0, 0.05) is 25.4 Å². The summed E-state index contributed by atoms with van der Waals surface area (Å²) in [7, 11) is 0. The molecule has 0 spiro atoms. The molecule has 1 saturated heterocycles. The lowest BCUT2D eigenvalue weighted by Crippen LogP contribution is -2.34. The van der Waals surface area contributed by atoms with Crippen LogP contribution in [0.15, 0.2) is 6.20 Å². The molecule has 4 nitrogen and oxygen atoms in total. The van der Waals surface area contributed by atoms with Crippen LogP contribution in [0.1, 0.15) is 31.4 Å². The Hall–Kier alpha value is -1.55. The molecular formula is C14H16ClF3N4. The van der Waals surface area contributed by atoms with Gasteiger partial charge in [0.15, 0.2) is 11.0 Å². The molecule has 120 valence electrons. The second kappa shape index (κ2) is 7.14. The van der Waals surface area contributed by atoms with Gasteiger partial charge < -0.3 is 4.90 Å². The lowest BCUT2D eigenvalue weighted by Gasteiger charge is -2.30. The van der Waals surface area contributed by atoms with Crippen LogP contribution in [-0.2, 0) is 6.42 Å². The molecule has 2 heterocycles. The lowest BCUT2D eigenvalue weighted by atomic mass is 9.99. The molecule has 0 radical (unpaired) electrons. The predicted molar refractivity (Wildman–Crippen MR) is 76.6 cm³/mol. The van der Waals surface area contributed by atoms with Crippen molar-refractivity contribution in [2.75, 3.05) is 18.0 Å². The van der Waals surface area contributed by atoms with Gasteiger partial charge >= 0.3 is 6.18 Å². The van der Waals surface area contributed by atoms with E-state index in [9.17, 15) is 13.2 Å². The van der Waals surface area contributed by atoms with Crippen LogP contribution < -0.4 is 4.90 Å². The number of nitriles is 1. The Labute approximate surface area is 131 Å². The largest absolute Gasteiger partial charge is 0.389 e. The van der Waals surface area contributed by atoms with Crippen molar-refractivity contribution in [3.8, 4) is 6.07 Å². The molecule has 22 heavy (non-hydrogen) atoms. The minimum absolute atomic E-state index is 0.0181. The van der Waals surface area contributed by atoms with Crippen LogP contribution in [-0.4, -0.2) is 29.2 Å². The zero-order valence-electron chi connectivity index (χ0n) is 11.9. The molecule has 1 aliphatic heterocycles. The predicted octanol–water partition coefficient (Wildman–Crippen LogP) is 3.75. The minimum atomic E-state index is -4.15. The fraction of sp³-hybridized carbons (Fsp3) is 0.643. The van der Waals surface area contributed by atoms with Gasteiger partial charge in [0.2, 0.25) is 0 Å². The topological polar surface area (TPSA) is 52.8 Å². The Bertz CT molecular complexity index is 548. The van der Waals surface area contributed by atoms with Gasteiger partial charge in [-0.05, 0) is 25.7 Å². The highest BCUT2D eigenvalue weighted by atomic mass is 35.5. The van der Waals surface area contributed by atoms with Crippen molar-refractivity contribution < 1.29 is 13.2 Å². The Balaban J connectivity index is 2.00. The van der Waals surface area contributed by atoms with Gasteiger partial charge in [-0.1, -0.05) is 11.6 Å². The van der Waals surface area contributed by atoms with Crippen LogP contribution in [0, 0.1) is 17.2 Å². The monoisotopic (exact) mass is 332 g/mol. The molecule has 0 atom stereocenters. The van der Waals surface area contributed by atoms with Crippen molar-refractivity contribution in [2.45, 2.75) is 38.3 Å². The molecule has 0 aliphatic carbocycles. The zero-order valence-corrected chi connectivity index (χ0v) is 12.7. The van der Waals surface area contributed by atoms with Crippen LogP contribution in [0.25, 0.3) is 0 Å². The Morgan fingerprint density at radius 2 is 2.05 bits per heavy atom. The third-order valence-electron chi connectivity index (χ3n) is 3.63. The van der Waals surface area contributed by atoms with E-state index in [0.717, 1.165) is 12.8 Å². The van der Waals surface area contributed by atoms with Crippen LogP contribution in [0.5, 0.6) is 0 Å². The molecule has 0 aromatic carbocycles. The standard InChI is InChI=1S/C14H16ClF3N4/c15-12-13(22-6-3-10(8-19)4-7-22)21-11(9-20-12)2-1-5-14(16,17)18/h9-10H,1-7H2. The third kappa shape index (κ3) is 4.73. The fourth-order valence-corrected chi connectivity index (χ4v) is 2.62. The molecule has 0 N–H and O–H groups in total. The summed E-state index contributed by atoms with van der Waals surface area (Å²) >= 11 is 6.05. The van der Waals surface area contributed by atoms with E-state index in [-0.39, 0.29) is 23.9 Å². The highest BCUT2D eigenvalue weighted by Crippen LogP contribution is 2.27. The number of hydrogen-bond donors (Lipinski definition) is 0. The lowest BCUT2D eigenvalue weighted by molar-refractivity contribution is -0.135. The summed E-state index contributed by atoms with van der Waals surface area (Å²) in [5.41, 5.74) is 0.506. The van der Waals surface area contributed by atoms with E-state index in [2.05, 4.69) is 16.0 Å². The minimum Gasteiger partial charge on any atom is -0.354 e. The molecule has 1 aliphatic rings. The van der Waals surface area contributed by atoms with E-state index in [0.29, 0.717) is 24.6 Å². The van der Waals surface area contributed by atoms with Crippen molar-refractivity contribution in [3.63, 3.8) is 0 Å². The number of rotatable bonds is 4. The number of aromatic nitrogens is 2. The van der Waals surface area contributed by atoms with Gasteiger partial charge in [-0.15, -0.1) is 0 Å². The second-order valence-corrected chi connectivity index (χ2v) is 5.69. The van der Waals surface area contributed by atoms with E-state index in [1.54, 1.807) is 0 Å². The highest BCUT2D eigenvalue weighted by Gasteiger charge is 2.26. The number of hydrogen-bond acceptors (Lipinski definition) is 4. The molecular weight excluding hydrogens is 317 g/mol. The number of aryl methyl sites for hydroxylation is 1. The number of alkyl halides is 3. The van der Waals surface area contributed by atoms with Gasteiger partial charge in [0.05, 0.1) is 18.0 Å². The van der Waals surface area contributed by atoms with Crippen LogP contribution in [0.3, 0.4) is 0 Å². The molecule has 1 fully saturated rings. The second-order valence-electron chi connectivity index (χ2n) is 5.33. The van der Waals surface area contributed by atoms with Gasteiger partial charge in [-0.3, -0.25) is 0 Å². The van der Waals surface area contributed by atoms with Crippen molar-refractivity contribution in [1.29, 1.82) is 5.26 Å². The van der Waals surface area contributed by atoms with Crippen molar-refractivity contribution >= 4 is 17.4 Å². The first-order chi connectivity index (χ1) is 10.4. The van der Waals surface area contributed by atoms with Gasteiger partial charge in [-0.25, -0.2) is 9.97 Å². The Morgan fingerprint density at radius 1 is 1.36 bits per heavy atom. The summed E-state index contributed by atoms with van der Waals surface area (Å²) < 4.78 is 36.5. The first kappa shape index (κ1) is 16.8. The zero-order chi connectivity index (χ0) is 16.2. The first-order valence-corrected chi connectivity index (χ1v) is 7.49. The molecule has 0 amide bonds. The quantitative estimate of drug-likeness (QED) is 0.842. The van der Waals surface area contributed by atoms with Crippen LogP contribution in [0.4, 0.5) is 19.0 Å². The average Bonchev–Trinajstić information content (AvgIpc) is 2.48. The maximum Gasteiger partial charge on any atom is 0.389 e. The first-order valence-electron chi connectivity index (χ1n) is 7.12. The van der Waals surface area contributed by atoms with Crippen molar-refractivity contribution in [2.24, 2.45) is 5.92 Å². The molecule has 1 aromatic rings. The average molecular weight is 333 g/mol. The number of anilines is 1. The van der Waals surface area contributed by atoms with E-state index in [1.807, 2.05) is 4.90 Å². The molecule has 1 aromatic heterocycles.